The number of rotatable bonds is 6. The van der Waals surface area contributed by atoms with Crippen molar-refractivity contribution in [2.24, 2.45) is 0 Å². The molecule has 5 heterocycles. The second kappa shape index (κ2) is 9.29. The van der Waals surface area contributed by atoms with E-state index in [9.17, 15) is 4.79 Å². The smallest absolute Gasteiger partial charge is 0.238 e. The van der Waals surface area contributed by atoms with Gasteiger partial charge in [0.1, 0.15) is 5.69 Å². The number of aromatic nitrogens is 6. The van der Waals surface area contributed by atoms with E-state index in [1.165, 1.54) is 0 Å². The minimum Gasteiger partial charge on any atom is -0.352 e. The van der Waals surface area contributed by atoms with E-state index in [-0.39, 0.29) is 5.91 Å². The summed E-state index contributed by atoms with van der Waals surface area (Å²) in [6.45, 7) is 0.303. The SMILES string of the molecule is CN(C)CC(=O)Nc1cncc(-c2ccc3[nH]nc(-c4cc5c(-c6ccncc6)cncc5[nH]4)c3c2)c1. The van der Waals surface area contributed by atoms with Crippen LogP contribution in [0.15, 0.2) is 79.6 Å². The van der Waals surface area contributed by atoms with Crippen LogP contribution in [0.2, 0.25) is 0 Å². The number of anilines is 1. The van der Waals surface area contributed by atoms with Crippen LogP contribution < -0.4 is 5.32 Å². The van der Waals surface area contributed by atoms with E-state index in [0.29, 0.717) is 12.2 Å². The van der Waals surface area contributed by atoms with E-state index in [2.05, 4.69) is 47.6 Å². The van der Waals surface area contributed by atoms with E-state index in [4.69, 9.17) is 0 Å². The Labute approximate surface area is 212 Å². The third-order valence-corrected chi connectivity index (χ3v) is 6.17. The zero-order chi connectivity index (χ0) is 25.4. The first kappa shape index (κ1) is 22.6. The highest BCUT2D eigenvalue weighted by molar-refractivity contribution is 6.01. The lowest BCUT2D eigenvalue weighted by molar-refractivity contribution is -0.116. The summed E-state index contributed by atoms with van der Waals surface area (Å²) in [7, 11) is 3.71. The molecule has 37 heavy (non-hydrogen) atoms. The average Bonchev–Trinajstić information content (AvgIpc) is 3.52. The van der Waals surface area contributed by atoms with Crippen molar-refractivity contribution in [3.8, 4) is 33.6 Å². The second-order valence-corrected chi connectivity index (χ2v) is 9.15. The number of carbonyl (C=O) groups is 1. The number of hydrogen-bond acceptors (Lipinski definition) is 6. The van der Waals surface area contributed by atoms with Crippen LogP contribution in [0.4, 0.5) is 5.69 Å². The van der Waals surface area contributed by atoms with Crippen LogP contribution in [0.5, 0.6) is 0 Å². The first-order chi connectivity index (χ1) is 18.0. The molecule has 9 heteroatoms. The van der Waals surface area contributed by atoms with Crippen LogP contribution in [-0.4, -0.2) is 61.6 Å². The van der Waals surface area contributed by atoms with Crippen molar-refractivity contribution in [2.75, 3.05) is 26.0 Å². The molecule has 0 unspecified atom stereocenters. The second-order valence-electron chi connectivity index (χ2n) is 9.15. The van der Waals surface area contributed by atoms with Crippen molar-refractivity contribution in [3.63, 3.8) is 0 Å². The number of fused-ring (bicyclic) bond motifs is 2. The summed E-state index contributed by atoms with van der Waals surface area (Å²) in [4.78, 5) is 30.4. The maximum atomic E-state index is 12.2. The van der Waals surface area contributed by atoms with Gasteiger partial charge in [-0.2, -0.15) is 5.10 Å². The molecule has 0 saturated heterocycles. The van der Waals surface area contributed by atoms with Gasteiger partial charge in [-0.3, -0.25) is 24.8 Å². The quantitative estimate of drug-likeness (QED) is 0.312. The van der Waals surface area contributed by atoms with Crippen molar-refractivity contribution < 1.29 is 4.79 Å². The Morgan fingerprint density at radius 3 is 2.51 bits per heavy atom. The van der Waals surface area contributed by atoms with Gasteiger partial charge in [0.05, 0.1) is 41.4 Å². The summed E-state index contributed by atoms with van der Waals surface area (Å²) in [5.41, 5.74) is 8.18. The molecular formula is C28H24N8O. The number of benzene rings is 1. The standard InChI is InChI=1S/C28H24N8O/c1-36(2)16-27(37)32-20-9-19(12-30-13-20)18-3-4-24-22(10-18)28(35-34-24)25-11-21-23(14-31-15-26(21)33-25)17-5-7-29-8-6-17/h3-15,33H,16H2,1-2H3,(H,32,37)(H,34,35). The molecule has 9 nitrogen and oxygen atoms in total. The molecule has 1 aromatic carbocycles. The van der Waals surface area contributed by atoms with Gasteiger partial charge >= 0.3 is 0 Å². The molecule has 0 fully saturated rings. The van der Waals surface area contributed by atoms with Gasteiger partial charge < -0.3 is 15.2 Å². The topological polar surface area (TPSA) is 115 Å². The van der Waals surface area contributed by atoms with Crippen molar-refractivity contribution in [3.05, 3.63) is 79.6 Å². The third-order valence-electron chi connectivity index (χ3n) is 6.17. The maximum Gasteiger partial charge on any atom is 0.238 e. The molecule has 6 aromatic rings. The van der Waals surface area contributed by atoms with Crippen molar-refractivity contribution in [1.29, 1.82) is 0 Å². The summed E-state index contributed by atoms with van der Waals surface area (Å²) in [5, 5.41) is 12.7. The Morgan fingerprint density at radius 2 is 1.68 bits per heavy atom. The van der Waals surface area contributed by atoms with Gasteiger partial charge in [0.2, 0.25) is 5.91 Å². The predicted molar refractivity (Wildman–Crippen MR) is 145 cm³/mol. The van der Waals surface area contributed by atoms with Gasteiger partial charge in [0.25, 0.3) is 0 Å². The Hall–Kier alpha value is -4.89. The molecule has 5 aromatic heterocycles. The number of pyridine rings is 3. The van der Waals surface area contributed by atoms with E-state index >= 15 is 0 Å². The van der Waals surface area contributed by atoms with Gasteiger partial charge in [-0.15, -0.1) is 0 Å². The van der Waals surface area contributed by atoms with Crippen molar-refractivity contribution in [1.82, 2.24) is 35.0 Å². The van der Waals surface area contributed by atoms with Gasteiger partial charge in [-0.1, -0.05) is 6.07 Å². The fourth-order valence-corrected chi connectivity index (χ4v) is 4.49. The van der Waals surface area contributed by atoms with Crippen LogP contribution in [0.25, 0.3) is 55.4 Å². The summed E-state index contributed by atoms with van der Waals surface area (Å²) < 4.78 is 0. The van der Waals surface area contributed by atoms with Crippen LogP contribution in [0.1, 0.15) is 0 Å². The summed E-state index contributed by atoms with van der Waals surface area (Å²) in [6, 6.07) is 14.1. The van der Waals surface area contributed by atoms with Gasteiger partial charge in [-0.25, -0.2) is 0 Å². The lowest BCUT2D eigenvalue weighted by atomic mass is 10.0. The molecule has 0 bridgehead atoms. The number of carbonyl (C=O) groups excluding carboxylic acids is 1. The van der Waals surface area contributed by atoms with Crippen molar-refractivity contribution in [2.45, 2.75) is 0 Å². The van der Waals surface area contributed by atoms with E-state index in [1.807, 2.05) is 61.7 Å². The summed E-state index contributed by atoms with van der Waals surface area (Å²) in [5.74, 6) is -0.0871. The minimum atomic E-state index is -0.0871. The highest BCUT2D eigenvalue weighted by Gasteiger charge is 2.15. The number of likely N-dealkylation sites (N-methyl/N-ethyl adjacent to an activating group) is 1. The Balaban J connectivity index is 1.38. The number of nitrogens with one attached hydrogen (secondary N) is 3. The molecule has 3 N–H and O–H groups in total. The highest BCUT2D eigenvalue weighted by atomic mass is 16.2. The molecule has 0 aliphatic carbocycles. The third kappa shape index (κ3) is 4.43. The van der Waals surface area contributed by atoms with Gasteiger partial charge in [0.15, 0.2) is 0 Å². The fourth-order valence-electron chi connectivity index (χ4n) is 4.49. The Morgan fingerprint density at radius 1 is 0.838 bits per heavy atom. The molecule has 0 saturated carbocycles. The molecule has 6 rings (SSSR count). The Bertz CT molecular complexity index is 1740. The van der Waals surface area contributed by atoms with E-state index in [1.54, 1.807) is 24.8 Å². The fraction of sp³-hybridized carbons (Fsp3) is 0.107. The predicted octanol–water partition coefficient (Wildman–Crippen LogP) is 4.73. The molecular weight excluding hydrogens is 464 g/mol. The zero-order valence-corrected chi connectivity index (χ0v) is 20.4. The van der Waals surface area contributed by atoms with Crippen molar-refractivity contribution >= 4 is 33.4 Å². The monoisotopic (exact) mass is 488 g/mol. The normalized spacial score (nSPS) is 11.4. The molecule has 1 amide bonds. The number of amides is 1. The molecule has 0 radical (unpaired) electrons. The van der Waals surface area contributed by atoms with Gasteiger partial charge in [-0.05, 0) is 61.6 Å². The van der Waals surface area contributed by atoms with E-state index in [0.717, 1.165) is 55.4 Å². The molecule has 0 aliphatic rings. The minimum absolute atomic E-state index is 0.0871. The van der Waals surface area contributed by atoms with Crippen LogP contribution >= 0.6 is 0 Å². The summed E-state index contributed by atoms with van der Waals surface area (Å²) in [6.07, 6.45) is 10.7. The van der Waals surface area contributed by atoms with Crippen LogP contribution in [0.3, 0.4) is 0 Å². The Kier molecular flexibility index (Phi) is 5.66. The maximum absolute atomic E-state index is 12.2. The van der Waals surface area contributed by atoms with Crippen LogP contribution in [0, 0.1) is 0 Å². The summed E-state index contributed by atoms with van der Waals surface area (Å²) >= 11 is 0. The first-order valence-corrected chi connectivity index (χ1v) is 11.8. The number of H-pyrrole nitrogens is 2. The lowest BCUT2D eigenvalue weighted by Crippen LogP contribution is -2.27. The highest BCUT2D eigenvalue weighted by Crippen LogP contribution is 2.34. The zero-order valence-electron chi connectivity index (χ0n) is 20.4. The molecule has 0 atom stereocenters. The molecule has 0 spiro atoms. The molecule has 0 aliphatic heterocycles. The largest absolute Gasteiger partial charge is 0.352 e. The van der Waals surface area contributed by atoms with Gasteiger partial charge in [0, 0.05) is 46.7 Å². The average molecular weight is 489 g/mol. The molecule has 182 valence electrons. The number of hydrogen-bond donors (Lipinski definition) is 3. The van der Waals surface area contributed by atoms with Crippen LogP contribution in [-0.2, 0) is 4.79 Å². The van der Waals surface area contributed by atoms with E-state index < -0.39 is 0 Å². The lowest BCUT2D eigenvalue weighted by Gasteiger charge is -2.11. The number of nitrogens with zero attached hydrogens (tertiary/aromatic N) is 5. The first-order valence-electron chi connectivity index (χ1n) is 11.8. The number of aromatic amines is 2.